The SMILES string of the molecule is CC(C)(C)C(=O)SCC#CCCO[Si](C)(C)C(C)(C)C. The first-order valence-corrected chi connectivity index (χ1v) is 11.0. The highest BCUT2D eigenvalue weighted by atomic mass is 32.2. The molecule has 0 atom stereocenters. The molecule has 2 nitrogen and oxygen atoms in total. The Morgan fingerprint density at radius 3 is 2.10 bits per heavy atom. The van der Waals surface area contributed by atoms with Gasteiger partial charge in [0.1, 0.15) is 0 Å². The summed E-state index contributed by atoms with van der Waals surface area (Å²) in [4.78, 5) is 11.7. The largest absolute Gasteiger partial charge is 0.416 e. The van der Waals surface area contributed by atoms with Crippen LogP contribution in [0.15, 0.2) is 0 Å². The highest BCUT2D eigenvalue weighted by Crippen LogP contribution is 2.36. The first-order chi connectivity index (χ1) is 8.88. The van der Waals surface area contributed by atoms with Crippen molar-refractivity contribution >= 4 is 25.2 Å². The van der Waals surface area contributed by atoms with E-state index in [1.54, 1.807) is 0 Å². The van der Waals surface area contributed by atoms with Crippen LogP contribution in [0.2, 0.25) is 18.1 Å². The van der Waals surface area contributed by atoms with Crippen LogP contribution < -0.4 is 0 Å². The first-order valence-electron chi connectivity index (χ1n) is 7.15. The molecule has 0 saturated carbocycles. The molecule has 20 heavy (non-hydrogen) atoms. The van der Waals surface area contributed by atoms with Gasteiger partial charge in [0.15, 0.2) is 13.4 Å². The molecule has 0 aromatic rings. The van der Waals surface area contributed by atoms with Crippen molar-refractivity contribution in [3.8, 4) is 11.8 Å². The standard InChI is InChI=1S/C16H30O2SSi/c1-15(2,3)14(17)19-13-11-9-10-12-18-20(7,8)16(4,5)6/h10,12-13H2,1-8H3. The summed E-state index contributed by atoms with van der Waals surface area (Å²) >= 11 is 1.31. The predicted molar refractivity (Wildman–Crippen MR) is 92.5 cm³/mol. The molecule has 0 fully saturated rings. The number of hydrogen-bond acceptors (Lipinski definition) is 3. The molecule has 0 aliphatic heterocycles. The van der Waals surface area contributed by atoms with Crippen molar-refractivity contribution < 1.29 is 9.22 Å². The third-order valence-electron chi connectivity index (χ3n) is 3.51. The van der Waals surface area contributed by atoms with Gasteiger partial charge in [0, 0.05) is 18.4 Å². The van der Waals surface area contributed by atoms with E-state index < -0.39 is 8.32 Å². The minimum absolute atomic E-state index is 0.198. The fourth-order valence-corrected chi connectivity index (χ4v) is 2.82. The maximum Gasteiger partial charge on any atom is 0.195 e. The zero-order valence-electron chi connectivity index (χ0n) is 14.3. The Labute approximate surface area is 130 Å². The Bertz CT molecular complexity index is 378. The maximum atomic E-state index is 11.7. The summed E-state index contributed by atoms with van der Waals surface area (Å²) in [5.74, 6) is 6.71. The lowest BCUT2D eigenvalue weighted by Crippen LogP contribution is -2.40. The average Bonchev–Trinajstić information content (AvgIpc) is 2.24. The predicted octanol–water partition coefficient (Wildman–Crippen LogP) is 4.71. The molecule has 0 saturated heterocycles. The topological polar surface area (TPSA) is 26.3 Å². The second-order valence-electron chi connectivity index (χ2n) is 7.54. The molecule has 0 N–H and O–H groups in total. The van der Waals surface area contributed by atoms with Gasteiger partial charge in [0.05, 0.1) is 5.75 Å². The monoisotopic (exact) mass is 314 g/mol. The average molecular weight is 315 g/mol. The van der Waals surface area contributed by atoms with Crippen molar-refractivity contribution in [2.75, 3.05) is 12.4 Å². The summed E-state index contributed by atoms with van der Waals surface area (Å²) in [6.07, 6.45) is 0.747. The van der Waals surface area contributed by atoms with Gasteiger partial charge >= 0.3 is 0 Å². The number of rotatable bonds is 4. The second kappa shape index (κ2) is 7.68. The van der Waals surface area contributed by atoms with E-state index in [0.29, 0.717) is 12.4 Å². The third-order valence-corrected chi connectivity index (χ3v) is 9.21. The van der Waals surface area contributed by atoms with Crippen LogP contribution in [0.5, 0.6) is 0 Å². The number of carbonyl (C=O) groups excluding carboxylic acids is 1. The zero-order chi connectivity index (χ0) is 16.0. The summed E-state index contributed by atoms with van der Waals surface area (Å²) in [6, 6.07) is 0. The summed E-state index contributed by atoms with van der Waals surface area (Å²) in [6.45, 7) is 17.7. The Kier molecular flexibility index (Phi) is 7.58. The second-order valence-corrected chi connectivity index (χ2v) is 13.3. The van der Waals surface area contributed by atoms with Crippen LogP contribution in [0.25, 0.3) is 0 Å². The molecule has 0 bridgehead atoms. The molecule has 0 rings (SSSR count). The molecule has 4 heteroatoms. The number of carbonyl (C=O) groups is 1. The van der Waals surface area contributed by atoms with Gasteiger partial charge in [-0.2, -0.15) is 0 Å². The summed E-state index contributed by atoms with van der Waals surface area (Å²) in [5, 5.41) is 0.444. The van der Waals surface area contributed by atoms with Crippen LogP contribution in [-0.2, 0) is 9.22 Å². The van der Waals surface area contributed by atoms with Gasteiger partial charge in [-0.05, 0) is 18.1 Å². The van der Waals surface area contributed by atoms with Crippen molar-refractivity contribution in [3.05, 3.63) is 0 Å². The lowest BCUT2D eigenvalue weighted by molar-refractivity contribution is -0.117. The van der Waals surface area contributed by atoms with Gasteiger partial charge < -0.3 is 4.43 Å². The Balaban J connectivity index is 3.95. The molecular weight excluding hydrogens is 284 g/mol. The van der Waals surface area contributed by atoms with Crippen molar-refractivity contribution in [1.82, 2.24) is 0 Å². The zero-order valence-corrected chi connectivity index (χ0v) is 16.2. The highest BCUT2D eigenvalue weighted by Gasteiger charge is 2.36. The van der Waals surface area contributed by atoms with E-state index in [2.05, 4.69) is 45.7 Å². The van der Waals surface area contributed by atoms with E-state index in [9.17, 15) is 4.79 Å². The third kappa shape index (κ3) is 7.52. The van der Waals surface area contributed by atoms with Crippen LogP contribution in [-0.4, -0.2) is 25.8 Å². The number of hydrogen-bond donors (Lipinski definition) is 0. The molecule has 0 aliphatic carbocycles. The fraction of sp³-hybridized carbons (Fsp3) is 0.812. The molecule has 116 valence electrons. The van der Waals surface area contributed by atoms with Crippen molar-refractivity contribution in [3.63, 3.8) is 0 Å². The Morgan fingerprint density at radius 2 is 1.65 bits per heavy atom. The van der Waals surface area contributed by atoms with Crippen molar-refractivity contribution in [1.29, 1.82) is 0 Å². The fourth-order valence-electron chi connectivity index (χ4n) is 1.03. The Hall–Kier alpha value is -0.243. The molecule has 0 aromatic heterocycles. The normalized spacial score (nSPS) is 12.8. The number of thioether (sulfide) groups is 1. The van der Waals surface area contributed by atoms with Crippen molar-refractivity contribution in [2.45, 2.75) is 66.1 Å². The van der Waals surface area contributed by atoms with Gasteiger partial charge in [-0.15, -0.1) is 5.92 Å². The van der Waals surface area contributed by atoms with Gasteiger partial charge in [-0.3, -0.25) is 4.79 Å². The summed E-state index contributed by atoms with van der Waals surface area (Å²) in [5.41, 5.74) is -0.280. The van der Waals surface area contributed by atoms with Crippen LogP contribution in [0.1, 0.15) is 48.0 Å². The van der Waals surface area contributed by atoms with E-state index in [4.69, 9.17) is 4.43 Å². The highest BCUT2D eigenvalue weighted by molar-refractivity contribution is 8.13. The summed E-state index contributed by atoms with van der Waals surface area (Å²) < 4.78 is 6.04. The van der Waals surface area contributed by atoms with Crippen LogP contribution in [0.3, 0.4) is 0 Å². The maximum absolute atomic E-state index is 11.7. The first kappa shape index (κ1) is 19.8. The van der Waals surface area contributed by atoms with E-state index in [1.807, 2.05) is 20.8 Å². The van der Waals surface area contributed by atoms with Gasteiger partial charge in [-0.1, -0.05) is 59.2 Å². The quantitative estimate of drug-likeness (QED) is 0.427. The van der Waals surface area contributed by atoms with Crippen LogP contribution in [0, 0.1) is 17.3 Å². The van der Waals surface area contributed by atoms with Gasteiger partial charge in [0.25, 0.3) is 0 Å². The van der Waals surface area contributed by atoms with Crippen LogP contribution >= 0.6 is 11.8 Å². The molecule has 0 amide bonds. The molecule has 0 radical (unpaired) electrons. The molecule has 0 spiro atoms. The minimum Gasteiger partial charge on any atom is -0.416 e. The van der Waals surface area contributed by atoms with E-state index in [0.717, 1.165) is 6.42 Å². The smallest absolute Gasteiger partial charge is 0.195 e. The van der Waals surface area contributed by atoms with E-state index in [-0.39, 0.29) is 15.6 Å². The molecular formula is C16H30O2SSi. The molecule has 0 unspecified atom stereocenters. The van der Waals surface area contributed by atoms with Gasteiger partial charge in [0.2, 0.25) is 0 Å². The lowest BCUT2D eigenvalue weighted by Gasteiger charge is -2.35. The summed E-state index contributed by atoms with van der Waals surface area (Å²) in [7, 11) is -1.64. The lowest BCUT2D eigenvalue weighted by atomic mass is 10.00. The van der Waals surface area contributed by atoms with E-state index >= 15 is 0 Å². The molecule has 0 aliphatic rings. The van der Waals surface area contributed by atoms with Gasteiger partial charge in [-0.25, -0.2) is 0 Å². The van der Waals surface area contributed by atoms with Crippen LogP contribution in [0.4, 0.5) is 0 Å². The minimum atomic E-state index is -1.64. The molecule has 0 aromatic carbocycles. The molecule has 0 heterocycles. The Morgan fingerprint density at radius 1 is 1.10 bits per heavy atom. The van der Waals surface area contributed by atoms with Crippen molar-refractivity contribution in [2.24, 2.45) is 5.41 Å². The van der Waals surface area contributed by atoms with E-state index in [1.165, 1.54) is 11.8 Å².